The minimum Gasteiger partial charge on any atom is -0.497 e. The summed E-state index contributed by atoms with van der Waals surface area (Å²) in [4.78, 5) is 12.2. The lowest BCUT2D eigenvalue weighted by Gasteiger charge is -2.12. The zero-order valence-electron chi connectivity index (χ0n) is 14.4. The summed E-state index contributed by atoms with van der Waals surface area (Å²) in [7, 11) is 3.17. The molecule has 0 atom stereocenters. The molecular formula is C19H18N4O3. The largest absolute Gasteiger partial charge is 0.497 e. The molecule has 7 nitrogen and oxygen atoms in total. The quantitative estimate of drug-likeness (QED) is 0.708. The van der Waals surface area contributed by atoms with E-state index in [1.807, 2.05) is 18.2 Å². The fourth-order valence-electron chi connectivity index (χ4n) is 2.29. The predicted molar refractivity (Wildman–Crippen MR) is 99.3 cm³/mol. The smallest absolute Gasteiger partial charge is 0.276 e. The van der Waals surface area contributed by atoms with Gasteiger partial charge < -0.3 is 20.1 Å². The molecule has 0 saturated heterocycles. The fourth-order valence-corrected chi connectivity index (χ4v) is 2.29. The van der Waals surface area contributed by atoms with E-state index in [4.69, 9.17) is 9.47 Å². The minimum absolute atomic E-state index is 0.219. The van der Waals surface area contributed by atoms with E-state index < -0.39 is 0 Å². The van der Waals surface area contributed by atoms with Crippen LogP contribution in [0.3, 0.4) is 0 Å². The molecule has 132 valence electrons. The molecule has 0 unspecified atom stereocenters. The van der Waals surface area contributed by atoms with Crippen molar-refractivity contribution in [3.8, 4) is 11.5 Å². The van der Waals surface area contributed by atoms with Gasteiger partial charge in [-0.3, -0.25) is 4.79 Å². The maximum absolute atomic E-state index is 12.2. The van der Waals surface area contributed by atoms with Crippen molar-refractivity contribution >= 4 is 23.1 Å². The van der Waals surface area contributed by atoms with E-state index in [1.165, 1.54) is 0 Å². The number of aromatic nitrogens is 2. The minimum atomic E-state index is -0.325. The van der Waals surface area contributed by atoms with Gasteiger partial charge in [0.2, 0.25) is 0 Å². The molecule has 7 heteroatoms. The van der Waals surface area contributed by atoms with E-state index in [0.29, 0.717) is 28.7 Å². The molecule has 1 heterocycles. The summed E-state index contributed by atoms with van der Waals surface area (Å²) in [6, 6.07) is 17.8. The summed E-state index contributed by atoms with van der Waals surface area (Å²) >= 11 is 0. The average Bonchev–Trinajstić information content (AvgIpc) is 2.69. The van der Waals surface area contributed by atoms with Gasteiger partial charge in [0.05, 0.1) is 19.9 Å². The number of ether oxygens (including phenoxy) is 2. The van der Waals surface area contributed by atoms with Crippen molar-refractivity contribution in [2.24, 2.45) is 0 Å². The maximum atomic E-state index is 12.2. The normalized spacial score (nSPS) is 10.1. The topological polar surface area (TPSA) is 85.4 Å². The Morgan fingerprint density at radius 3 is 2.38 bits per heavy atom. The summed E-state index contributed by atoms with van der Waals surface area (Å²) in [6.45, 7) is 0. The lowest BCUT2D eigenvalue weighted by Crippen LogP contribution is -2.14. The molecule has 0 aliphatic rings. The molecule has 26 heavy (non-hydrogen) atoms. The van der Waals surface area contributed by atoms with Gasteiger partial charge in [0, 0.05) is 11.8 Å². The summed E-state index contributed by atoms with van der Waals surface area (Å²) in [6.07, 6.45) is 0. The highest BCUT2D eigenvalue weighted by Gasteiger charge is 2.10. The van der Waals surface area contributed by atoms with Gasteiger partial charge in [-0.2, -0.15) is 0 Å². The molecule has 0 aliphatic carbocycles. The van der Waals surface area contributed by atoms with Crippen LogP contribution in [-0.4, -0.2) is 30.3 Å². The van der Waals surface area contributed by atoms with Crippen molar-refractivity contribution in [3.05, 3.63) is 66.4 Å². The first kappa shape index (κ1) is 17.2. The van der Waals surface area contributed by atoms with Crippen LogP contribution in [0.2, 0.25) is 0 Å². The molecule has 2 N–H and O–H groups in total. The summed E-state index contributed by atoms with van der Waals surface area (Å²) in [5.41, 5.74) is 1.60. The van der Waals surface area contributed by atoms with Crippen LogP contribution in [0.15, 0.2) is 60.7 Å². The second kappa shape index (κ2) is 7.98. The number of hydrogen-bond acceptors (Lipinski definition) is 6. The van der Waals surface area contributed by atoms with Crippen LogP contribution in [0, 0.1) is 0 Å². The van der Waals surface area contributed by atoms with Crippen molar-refractivity contribution in [1.29, 1.82) is 0 Å². The number of nitrogens with one attached hydrogen (secondary N) is 2. The van der Waals surface area contributed by atoms with Crippen LogP contribution in [0.4, 0.5) is 17.2 Å². The van der Waals surface area contributed by atoms with Gasteiger partial charge in [-0.15, -0.1) is 10.2 Å². The highest BCUT2D eigenvalue weighted by molar-refractivity contribution is 6.02. The number of benzene rings is 2. The monoisotopic (exact) mass is 350 g/mol. The number of hydrogen-bond donors (Lipinski definition) is 2. The Labute approximate surface area is 151 Å². The van der Waals surface area contributed by atoms with Gasteiger partial charge in [0.1, 0.15) is 11.5 Å². The van der Waals surface area contributed by atoms with Crippen LogP contribution in [0.5, 0.6) is 11.5 Å². The zero-order chi connectivity index (χ0) is 18.4. The molecule has 0 spiro atoms. The number of carbonyl (C=O) groups is 1. The Hall–Kier alpha value is -3.61. The average molecular weight is 350 g/mol. The van der Waals surface area contributed by atoms with E-state index in [1.54, 1.807) is 56.7 Å². The van der Waals surface area contributed by atoms with Gasteiger partial charge in [0.25, 0.3) is 5.91 Å². The van der Waals surface area contributed by atoms with E-state index >= 15 is 0 Å². The predicted octanol–water partition coefficient (Wildman–Crippen LogP) is 3.49. The van der Waals surface area contributed by atoms with Gasteiger partial charge >= 0.3 is 0 Å². The SMILES string of the molecule is COc1ccc(OC)c(Nc2ccc(C(=O)Nc3ccccc3)nn2)c1. The second-order valence-corrected chi connectivity index (χ2v) is 5.32. The summed E-state index contributed by atoms with van der Waals surface area (Å²) in [5, 5.41) is 13.9. The Bertz CT molecular complexity index is 883. The number of amides is 1. The standard InChI is InChI=1S/C19H18N4O3/c1-25-14-8-10-17(26-2)16(12-14)21-18-11-9-15(22-23-18)19(24)20-13-6-4-3-5-7-13/h3-12H,1-2H3,(H,20,24)(H,21,23). The summed E-state index contributed by atoms with van der Waals surface area (Å²) < 4.78 is 10.5. The van der Waals surface area contributed by atoms with E-state index in [0.717, 1.165) is 0 Å². The molecule has 0 radical (unpaired) electrons. The van der Waals surface area contributed by atoms with Crippen LogP contribution in [0.25, 0.3) is 0 Å². The third kappa shape index (κ3) is 4.07. The molecule has 3 rings (SSSR count). The Morgan fingerprint density at radius 2 is 1.73 bits per heavy atom. The third-order valence-corrected chi connectivity index (χ3v) is 3.60. The first-order valence-electron chi connectivity index (χ1n) is 7.89. The Balaban J connectivity index is 1.73. The van der Waals surface area contributed by atoms with E-state index in [-0.39, 0.29) is 11.6 Å². The zero-order valence-corrected chi connectivity index (χ0v) is 14.4. The van der Waals surface area contributed by atoms with Gasteiger partial charge in [-0.1, -0.05) is 18.2 Å². The molecule has 0 aliphatic heterocycles. The van der Waals surface area contributed by atoms with Crippen molar-refractivity contribution in [3.63, 3.8) is 0 Å². The van der Waals surface area contributed by atoms with Gasteiger partial charge in [-0.05, 0) is 36.4 Å². The molecule has 1 amide bonds. The van der Waals surface area contributed by atoms with Gasteiger partial charge in [-0.25, -0.2) is 0 Å². The summed E-state index contributed by atoms with van der Waals surface area (Å²) in [5.74, 6) is 1.47. The fraction of sp³-hybridized carbons (Fsp3) is 0.105. The van der Waals surface area contributed by atoms with Crippen LogP contribution >= 0.6 is 0 Å². The molecule has 0 bridgehead atoms. The Morgan fingerprint density at radius 1 is 0.923 bits per heavy atom. The van der Waals surface area contributed by atoms with Gasteiger partial charge in [0.15, 0.2) is 11.5 Å². The van der Waals surface area contributed by atoms with Crippen LogP contribution in [-0.2, 0) is 0 Å². The third-order valence-electron chi connectivity index (χ3n) is 3.60. The van der Waals surface area contributed by atoms with Crippen molar-refractivity contribution in [2.45, 2.75) is 0 Å². The van der Waals surface area contributed by atoms with E-state index in [9.17, 15) is 4.79 Å². The Kier molecular flexibility index (Phi) is 5.28. The number of methoxy groups -OCH3 is 2. The molecule has 2 aromatic carbocycles. The first-order chi connectivity index (χ1) is 12.7. The van der Waals surface area contributed by atoms with Crippen molar-refractivity contribution in [2.75, 3.05) is 24.9 Å². The molecule has 0 saturated carbocycles. The van der Waals surface area contributed by atoms with Crippen LogP contribution in [0.1, 0.15) is 10.5 Å². The number of nitrogens with zero attached hydrogens (tertiary/aromatic N) is 2. The number of para-hydroxylation sites is 1. The van der Waals surface area contributed by atoms with Crippen LogP contribution < -0.4 is 20.1 Å². The van der Waals surface area contributed by atoms with Crippen molar-refractivity contribution in [1.82, 2.24) is 10.2 Å². The second-order valence-electron chi connectivity index (χ2n) is 5.32. The number of anilines is 3. The molecule has 1 aromatic heterocycles. The highest BCUT2D eigenvalue weighted by atomic mass is 16.5. The highest BCUT2D eigenvalue weighted by Crippen LogP contribution is 2.30. The molecular weight excluding hydrogens is 332 g/mol. The van der Waals surface area contributed by atoms with Crippen molar-refractivity contribution < 1.29 is 14.3 Å². The first-order valence-corrected chi connectivity index (χ1v) is 7.89. The number of rotatable bonds is 6. The maximum Gasteiger partial charge on any atom is 0.276 e. The van der Waals surface area contributed by atoms with E-state index in [2.05, 4.69) is 20.8 Å². The lowest BCUT2D eigenvalue weighted by atomic mass is 10.2. The molecule has 3 aromatic rings. The number of carbonyl (C=O) groups excluding carboxylic acids is 1. The lowest BCUT2D eigenvalue weighted by molar-refractivity contribution is 0.102. The molecule has 0 fully saturated rings.